The maximum absolute atomic E-state index is 3.71. The summed E-state index contributed by atoms with van der Waals surface area (Å²) in [6.45, 7) is 7.98. The predicted octanol–water partition coefficient (Wildman–Crippen LogP) is 3.41. The van der Waals surface area contributed by atoms with E-state index in [9.17, 15) is 0 Å². The molecular formula is C16H23BrN2. The summed E-state index contributed by atoms with van der Waals surface area (Å²) in [5.41, 5.74) is 1.65. The lowest BCUT2D eigenvalue weighted by molar-refractivity contribution is 0.0759. The highest BCUT2D eigenvalue weighted by atomic mass is 79.9. The molecule has 0 amide bonds. The molecule has 1 aliphatic heterocycles. The lowest BCUT2D eigenvalue weighted by Crippen LogP contribution is -2.61. The van der Waals surface area contributed by atoms with Crippen molar-refractivity contribution < 1.29 is 0 Å². The first-order valence-corrected chi connectivity index (χ1v) is 8.06. The van der Waals surface area contributed by atoms with Crippen molar-refractivity contribution in [1.82, 2.24) is 10.2 Å². The molecule has 1 aromatic carbocycles. The fourth-order valence-corrected chi connectivity index (χ4v) is 3.63. The maximum atomic E-state index is 3.71. The van der Waals surface area contributed by atoms with Crippen LogP contribution in [-0.4, -0.2) is 29.6 Å². The smallest absolute Gasteiger partial charge is 0.0253 e. The van der Waals surface area contributed by atoms with E-state index >= 15 is 0 Å². The summed E-state index contributed by atoms with van der Waals surface area (Å²) in [5.74, 6) is 0.927. The number of piperazine rings is 1. The van der Waals surface area contributed by atoms with E-state index in [0.717, 1.165) is 31.6 Å². The second-order valence-electron chi connectivity index (χ2n) is 6.70. The van der Waals surface area contributed by atoms with Gasteiger partial charge in [-0.25, -0.2) is 0 Å². The molecule has 0 bridgehead atoms. The average molecular weight is 323 g/mol. The third-order valence-corrected chi connectivity index (χ3v) is 4.79. The van der Waals surface area contributed by atoms with Crippen LogP contribution in [0.25, 0.3) is 0 Å². The van der Waals surface area contributed by atoms with Gasteiger partial charge in [-0.05, 0) is 50.3 Å². The average Bonchev–Trinajstić information content (AvgIpc) is 3.12. The van der Waals surface area contributed by atoms with Crippen LogP contribution >= 0.6 is 15.9 Å². The molecule has 1 saturated carbocycles. The standard InChI is InChI=1S/C16H23BrN2/c1-16(2)11-19(15(9-18-16)13-6-7-13)10-12-4-3-5-14(17)8-12/h3-5,8,13,15,18H,6-7,9-11H2,1-2H3. The highest BCUT2D eigenvalue weighted by molar-refractivity contribution is 9.10. The van der Waals surface area contributed by atoms with E-state index in [2.05, 4.69) is 64.3 Å². The Morgan fingerprint density at radius 3 is 2.84 bits per heavy atom. The third-order valence-electron chi connectivity index (χ3n) is 4.30. The minimum atomic E-state index is 0.234. The third kappa shape index (κ3) is 3.39. The molecule has 19 heavy (non-hydrogen) atoms. The van der Waals surface area contributed by atoms with E-state index < -0.39 is 0 Å². The largest absolute Gasteiger partial charge is 0.309 e. The Labute approximate surface area is 124 Å². The molecule has 2 nitrogen and oxygen atoms in total. The topological polar surface area (TPSA) is 15.3 Å². The zero-order valence-electron chi connectivity index (χ0n) is 11.8. The van der Waals surface area contributed by atoms with E-state index in [-0.39, 0.29) is 5.54 Å². The number of hydrogen-bond acceptors (Lipinski definition) is 2. The van der Waals surface area contributed by atoms with Crippen molar-refractivity contribution in [3.63, 3.8) is 0 Å². The molecule has 0 radical (unpaired) electrons. The van der Waals surface area contributed by atoms with Gasteiger partial charge in [-0.1, -0.05) is 28.1 Å². The van der Waals surface area contributed by atoms with Gasteiger partial charge < -0.3 is 5.32 Å². The van der Waals surface area contributed by atoms with Gasteiger partial charge in [0.25, 0.3) is 0 Å². The maximum Gasteiger partial charge on any atom is 0.0253 e. The lowest BCUT2D eigenvalue weighted by atomic mass is 9.96. The summed E-state index contributed by atoms with van der Waals surface area (Å²) in [6, 6.07) is 9.46. The molecule has 3 rings (SSSR count). The number of rotatable bonds is 3. The summed E-state index contributed by atoms with van der Waals surface area (Å²) < 4.78 is 1.18. The van der Waals surface area contributed by atoms with E-state index in [1.807, 2.05) is 0 Å². The Balaban J connectivity index is 1.75. The van der Waals surface area contributed by atoms with Gasteiger partial charge >= 0.3 is 0 Å². The number of nitrogens with one attached hydrogen (secondary N) is 1. The van der Waals surface area contributed by atoms with Crippen LogP contribution < -0.4 is 5.32 Å². The molecular weight excluding hydrogens is 300 g/mol. The molecule has 1 unspecified atom stereocenters. The Hall–Kier alpha value is -0.380. The van der Waals surface area contributed by atoms with Gasteiger partial charge in [0.05, 0.1) is 0 Å². The van der Waals surface area contributed by atoms with Crippen molar-refractivity contribution in [2.24, 2.45) is 5.92 Å². The Morgan fingerprint density at radius 1 is 1.37 bits per heavy atom. The van der Waals surface area contributed by atoms with E-state index in [4.69, 9.17) is 0 Å². The molecule has 104 valence electrons. The van der Waals surface area contributed by atoms with Crippen molar-refractivity contribution >= 4 is 15.9 Å². The summed E-state index contributed by atoms with van der Waals surface area (Å²) in [6.07, 6.45) is 2.84. The van der Waals surface area contributed by atoms with Crippen LogP contribution in [0.2, 0.25) is 0 Å². The molecule has 2 aliphatic rings. The van der Waals surface area contributed by atoms with Crippen LogP contribution in [0.4, 0.5) is 0 Å². The first-order valence-electron chi connectivity index (χ1n) is 7.27. The molecule has 1 saturated heterocycles. The second kappa shape index (κ2) is 5.19. The molecule has 1 heterocycles. The summed E-state index contributed by atoms with van der Waals surface area (Å²) in [7, 11) is 0. The number of nitrogens with zero attached hydrogens (tertiary/aromatic N) is 1. The van der Waals surface area contributed by atoms with Crippen molar-refractivity contribution in [3.8, 4) is 0 Å². The van der Waals surface area contributed by atoms with E-state index in [0.29, 0.717) is 0 Å². The quantitative estimate of drug-likeness (QED) is 0.917. The first kappa shape index (κ1) is 13.6. The lowest BCUT2D eigenvalue weighted by Gasteiger charge is -2.45. The van der Waals surface area contributed by atoms with Crippen LogP contribution in [0, 0.1) is 5.92 Å². The predicted molar refractivity (Wildman–Crippen MR) is 83.1 cm³/mol. The van der Waals surface area contributed by atoms with Gasteiger partial charge in [-0.3, -0.25) is 4.90 Å². The highest BCUT2D eigenvalue weighted by Crippen LogP contribution is 2.37. The number of halogens is 1. The number of hydrogen-bond donors (Lipinski definition) is 1. The molecule has 1 N–H and O–H groups in total. The molecule has 0 spiro atoms. The van der Waals surface area contributed by atoms with Gasteiger partial charge in [-0.15, -0.1) is 0 Å². The summed E-state index contributed by atoms with van der Waals surface area (Å²) in [4.78, 5) is 2.69. The van der Waals surface area contributed by atoms with Crippen LogP contribution in [0.3, 0.4) is 0 Å². The number of benzene rings is 1. The minimum absolute atomic E-state index is 0.234. The van der Waals surface area contributed by atoms with Gasteiger partial charge in [0.1, 0.15) is 0 Å². The zero-order chi connectivity index (χ0) is 13.5. The monoisotopic (exact) mass is 322 g/mol. The van der Waals surface area contributed by atoms with Gasteiger partial charge in [-0.2, -0.15) is 0 Å². The first-order chi connectivity index (χ1) is 9.03. The SMILES string of the molecule is CC1(C)CN(Cc2cccc(Br)c2)C(C2CC2)CN1. The van der Waals surface area contributed by atoms with Crippen LogP contribution in [0.5, 0.6) is 0 Å². The molecule has 0 aromatic heterocycles. The van der Waals surface area contributed by atoms with Gasteiger partial charge in [0, 0.05) is 35.7 Å². The van der Waals surface area contributed by atoms with Gasteiger partial charge in [0.2, 0.25) is 0 Å². The molecule has 1 aromatic rings. The Morgan fingerprint density at radius 2 is 2.16 bits per heavy atom. The van der Waals surface area contributed by atoms with E-state index in [1.165, 1.54) is 22.9 Å². The normalized spacial score (nSPS) is 27.4. The van der Waals surface area contributed by atoms with Crippen molar-refractivity contribution in [3.05, 3.63) is 34.3 Å². The zero-order valence-corrected chi connectivity index (χ0v) is 13.4. The molecule has 3 heteroatoms. The summed E-state index contributed by atoms with van der Waals surface area (Å²) in [5, 5.41) is 3.71. The van der Waals surface area contributed by atoms with Crippen molar-refractivity contribution in [2.75, 3.05) is 13.1 Å². The van der Waals surface area contributed by atoms with Crippen molar-refractivity contribution in [2.45, 2.75) is 44.8 Å². The van der Waals surface area contributed by atoms with Gasteiger partial charge in [0.15, 0.2) is 0 Å². The van der Waals surface area contributed by atoms with Crippen LogP contribution in [0.15, 0.2) is 28.7 Å². The fourth-order valence-electron chi connectivity index (χ4n) is 3.18. The molecule has 2 fully saturated rings. The minimum Gasteiger partial charge on any atom is -0.309 e. The highest BCUT2D eigenvalue weighted by Gasteiger charge is 2.40. The van der Waals surface area contributed by atoms with Crippen molar-refractivity contribution in [1.29, 1.82) is 0 Å². The molecule has 1 aliphatic carbocycles. The Bertz CT molecular complexity index is 454. The van der Waals surface area contributed by atoms with Crippen LogP contribution in [-0.2, 0) is 6.54 Å². The Kier molecular flexibility index (Phi) is 3.71. The fraction of sp³-hybridized carbons (Fsp3) is 0.625. The van der Waals surface area contributed by atoms with E-state index in [1.54, 1.807) is 0 Å². The summed E-state index contributed by atoms with van der Waals surface area (Å²) >= 11 is 3.57. The second-order valence-corrected chi connectivity index (χ2v) is 7.62. The molecule has 1 atom stereocenters. The van der Waals surface area contributed by atoms with Crippen LogP contribution in [0.1, 0.15) is 32.3 Å².